The molecule has 172 valence electrons. The molecule has 32 heavy (non-hydrogen) atoms. The largest absolute Gasteiger partial charge is 0.490 e. The number of hydrogen-bond acceptors (Lipinski definition) is 6. The second-order valence-electron chi connectivity index (χ2n) is 8.15. The molecule has 2 aromatic rings. The predicted octanol–water partition coefficient (Wildman–Crippen LogP) is 3.16. The topological polar surface area (TPSA) is 85.1 Å². The summed E-state index contributed by atoms with van der Waals surface area (Å²) in [5.41, 5.74) is 0.750. The first-order valence-corrected chi connectivity index (χ1v) is 11.9. The Morgan fingerprint density at radius 2 is 2.00 bits per heavy atom. The van der Waals surface area contributed by atoms with Crippen LogP contribution in [0, 0.1) is 5.92 Å². The van der Waals surface area contributed by atoms with Crippen molar-refractivity contribution in [1.82, 2.24) is 15.0 Å². The number of nitrogens with zero attached hydrogens (tertiary/aromatic N) is 3. The number of morpholine rings is 1. The Labute approximate surface area is 195 Å². The number of halogens is 1. The van der Waals surface area contributed by atoms with Crippen molar-refractivity contribution >= 4 is 27.7 Å². The van der Waals surface area contributed by atoms with Gasteiger partial charge in [0.15, 0.2) is 0 Å². The highest BCUT2D eigenvalue weighted by atomic mass is 79.9. The summed E-state index contributed by atoms with van der Waals surface area (Å²) in [5, 5.41) is 3.93. The van der Waals surface area contributed by atoms with E-state index in [-0.39, 0.29) is 29.6 Å². The van der Waals surface area contributed by atoms with Gasteiger partial charge in [-0.1, -0.05) is 34.1 Å². The Morgan fingerprint density at radius 1 is 1.19 bits per heavy atom. The van der Waals surface area contributed by atoms with E-state index in [1.165, 1.54) is 0 Å². The Hall–Kier alpha value is -2.39. The van der Waals surface area contributed by atoms with Gasteiger partial charge in [0, 0.05) is 55.5 Å². The van der Waals surface area contributed by atoms with Crippen molar-refractivity contribution in [2.75, 3.05) is 39.4 Å². The molecule has 2 aliphatic heterocycles. The SMILES string of the molecule is CCc1cc(C(=O)N2CC[C@H](Oc3cccc(Br)c3)[C@@H](CC(=O)N3CCOCC3)C2)on1. The number of ether oxygens (including phenoxy) is 2. The highest BCUT2D eigenvalue weighted by Gasteiger charge is 2.36. The van der Waals surface area contributed by atoms with Crippen molar-refractivity contribution in [2.45, 2.75) is 32.3 Å². The molecule has 0 radical (unpaired) electrons. The maximum atomic E-state index is 13.0. The molecule has 8 nitrogen and oxygen atoms in total. The third-order valence-electron chi connectivity index (χ3n) is 5.97. The van der Waals surface area contributed by atoms with Crippen LogP contribution in [-0.2, 0) is 16.0 Å². The number of rotatable bonds is 6. The summed E-state index contributed by atoms with van der Waals surface area (Å²) in [6.07, 6.45) is 1.49. The first-order valence-electron chi connectivity index (χ1n) is 11.1. The zero-order valence-corrected chi connectivity index (χ0v) is 19.8. The fourth-order valence-corrected chi connectivity index (χ4v) is 4.54. The summed E-state index contributed by atoms with van der Waals surface area (Å²) in [6, 6.07) is 9.38. The molecule has 2 atom stereocenters. The lowest BCUT2D eigenvalue weighted by Gasteiger charge is -2.39. The fourth-order valence-electron chi connectivity index (χ4n) is 4.16. The summed E-state index contributed by atoms with van der Waals surface area (Å²) in [4.78, 5) is 29.6. The van der Waals surface area contributed by atoms with Gasteiger partial charge in [0.05, 0.1) is 18.9 Å². The van der Waals surface area contributed by atoms with Crippen LogP contribution >= 0.6 is 15.9 Å². The van der Waals surface area contributed by atoms with Gasteiger partial charge >= 0.3 is 0 Å². The molecule has 2 aliphatic rings. The number of aromatic nitrogens is 1. The lowest BCUT2D eigenvalue weighted by Crippen LogP contribution is -2.50. The van der Waals surface area contributed by atoms with Gasteiger partial charge in [0.25, 0.3) is 5.91 Å². The lowest BCUT2D eigenvalue weighted by atomic mass is 9.90. The van der Waals surface area contributed by atoms with Gasteiger partial charge in [0.1, 0.15) is 11.9 Å². The first-order chi connectivity index (χ1) is 15.5. The van der Waals surface area contributed by atoms with E-state index in [0.717, 1.165) is 15.9 Å². The third-order valence-corrected chi connectivity index (χ3v) is 6.46. The van der Waals surface area contributed by atoms with E-state index in [1.807, 2.05) is 36.1 Å². The van der Waals surface area contributed by atoms with Crippen molar-refractivity contribution in [3.05, 3.63) is 46.3 Å². The number of likely N-dealkylation sites (tertiary alicyclic amines) is 1. The maximum absolute atomic E-state index is 13.0. The second-order valence-corrected chi connectivity index (χ2v) is 9.06. The molecule has 2 saturated heterocycles. The molecule has 2 fully saturated rings. The minimum absolute atomic E-state index is 0.0726. The van der Waals surface area contributed by atoms with Crippen LogP contribution in [0.2, 0.25) is 0 Å². The molecule has 9 heteroatoms. The second kappa shape index (κ2) is 10.5. The highest BCUT2D eigenvalue weighted by Crippen LogP contribution is 2.28. The van der Waals surface area contributed by atoms with Gasteiger partial charge in [0.2, 0.25) is 11.7 Å². The molecule has 0 unspecified atom stereocenters. The van der Waals surface area contributed by atoms with E-state index in [2.05, 4.69) is 21.1 Å². The molecule has 0 aliphatic carbocycles. The predicted molar refractivity (Wildman–Crippen MR) is 120 cm³/mol. The zero-order valence-electron chi connectivity index (χ0n) is 18.2. The average Bonchev–Trinajstić information content (AvgIpc) is 3.30. The van der Waals surface area contributed by atoms with Crippen LogP contribution in [0.5, 0.6) is 5.75 Å². The molecule has 0 N–H and O–H groups in total. The summed E-state index contributed by atoms with van der Waals surface area (Å²) in [5.74, 6) is 0.739. The summed E-state index contributed by atoms with van der Waals surface area (Å²) >= 11 is 3.47. The van der Waals surface area contributed by atoms with Gasteiger partial charge in [-0.2, -0.15) is 0 Å². The van der Waals surface area contributed by atoms with Crippen molar-refractivity contribution in [3.63, 3.8) is 0 Å². The molecule has 1 aromatic carbocycles. The highest BCUT2D eigenvalue weighted by molar-refractivity contribution is 9.10. The molecule has 0 spiro atoms. The van der Waals surface area contributed by atoms with Gasteiger partial charge in [-0.25, -0.2) is 0 Å². The smallest absolute Gasteiger partial charge is 0.292 e. The number of piperidine rings is 1. The van der Waals surface area contributed by atoms with Crippen LogP contribution in [0.4, 0.5) is 0 Å². The van der Waals surface area contributed by atoms with Crippen LogP contribution in [0.1, 0.15) is 36.0 Å². The Morgan fingerprint density at radius 3 is 2.72 bits per heavy atom. The van der Waals surface area contributed by atoms with Gasteiger partial charge in [-0.15, -0.1) is 0 Å². The van der Waals surface area contributed by atoms with Crippen LogP contribution in [0.15, 0.2) is 39.3 Å². The third kappa shape index (κ3) is 5.50. The molecule has 0 saturated carbocycles. The maximum Gasteiger partial charge on any atom is 0.292 e. The summed E-state index contributed by atoms with van der Waals surface area (Å²) in [7, 11) is 0. The minimum Gasteiger partial charge on any atom is -0.490 e. The molecular weight excluding hydrogens is 478 g/mol. The van der Waals surface area contributed by atoms with Crippen LogP contribution < -0.4 is 4.74 Å². The normalized spacial score (nSPS) is 21.4. The van der Waals surface area contributed by atoms with E-state index in [1.54, 1.807) is 11.0 Å². The number of amides is 2. The molecule has 1 aromatic heterocycles. The van der Waals surface area contributed by atoms with E-state index < -0.39 is 0 Å². The Balaban J connectivity index is 1.48. The minimum atomic E-state index is -0.193. The zero-order chi connectivity index (χ0) is 22.5. The Bertz CT molecular complexity index is 943. The van der Waals surface area contributed by atoms with Crippen molar-refractivity contribution in [2.24, 2.45) is 5.92 Å². The average molecular weight is 506 g/mol. The number of carbonyl (C=O) groups excluding carboxylic acids is 2. The standard InChI is InChI=1S/C23H28BrN3O5/c1-2-18-14-21(32-25-18)23(29)27-7-6-20(31-19-5-3-4-17(24)13-19)16(15-27)12-22(28)26-8-10-30-11-9-26/h3-5,13-14,16,20H,2,6-12,15H2,1H3/t16-,20-/m0/s1. The molecule has 0 bridgehead atoms. The summed E-state index contributed by atoms with van der Waals surface area (Å²) in [6.45, 7) is 5.24. The van der Waals surface area contributed by atoms with Crippen LogP contribution in [0.25, 0.3) is 0 Å². The van der Waals surface area contributed by atoms with E-state index in [0.29, 0.717) is 58.7 Å². The van der Waals surface area contributed by atoms with E-state index in [4.69, 9.17) is 14.0 Å². The van der Waals surface area contributed by atoms with Crippen molar-refractivity contribution < 1.29 is 23.6 Å². The molecular formula is C23H28BrN3O5. The number of hydrogen-bond donors (Lipinski definition) is 0. The van der Waals surface area contributed by atoms with E-state index in [9.17, 15) is 9.59 Å². The fraction of sp³-hybridized carbons (Fsp3) is 0.522. The summed E-state index contributed by atoms with van der Waals surface area (Å²) < 4.78 is 17.8. The quantitative estimate of drug-likeness (QED) is 0.599. The van der Waals surface area contributed by atoms with Crippen molar-refractivity contribution in [1.29, 1.82) is 0 Å². The van der Waals surface area contributed by atoms with Crippen LogP contribution in [0.3, 0.4) is 0 Å². The van der Waals surface area contributed by atoms with Crippen LogP contribution in [-0.4, -0.2) is 72.3 Å². The van der Waals surface area contributed by atoms with Gasteiger partial charge in [-0.05, 0) is 24.6 Å². The van der Waals surface area contributed by atoms with Crippen molar-refractivity contribution in [3.8, 4) is 5.75 Å². The van der Waals surface area contributed by atoms with E-state index >= 15 is 0 Å². The number of benzene rings is 1. The number of carbonyl (C=O) groups is 2. The monoisotopic (exact) mass is 505 g/mol. The Kier molecular flexibility index (Phi) is 7.47. The van der Waals surface area contributed by atoms with Gasteiger partial charge in [-0.3, -0.25) is 9.59 Å². The number of aryl methyl sites for hydroxylation is 1. The first kappa shape index (κ1) is 22.8. The lowest BCUT2D eigenvalue weighted by molar-refractivity contribution is -0.137. The molecule has 4 rings (SSSR count). The van der Waals surface area contributed by atoms with Gasteiger partial charge < -0.3 is 23.8 Å². The molecule has 3 heterocycles. The molecule has 2 amide bonds.